The van der Waals surface area contributed by atoms with E-state index in [0.717, 1.165) is 18.4 Å². The highest BCUT2D eigenvalue weighted by Crippen LogP contribution is 2.32. The number of ketones is 1. The number of aromatic nitrogens is 1. The van der Waals surface area contributed by atoms with Crippen LogP contribution in [0, 0.1) is 12.7 Å². The largest absolute Gasteiger partial charge is 0.481 e. The number of carbonyl (C=O) groups is 2. The summed E-state index contributed by atoms with van der Waals surface area (Å²) in [5, 5.41) is 9.46. The number of nitrogens with zero attached hydrogens (tertiary/aromatic N) is 1. The number of carboxylic acid groups (broad SMARTS) is 1. The molecule has 0 spiro atoms. The molecule has 0 saturated carbocycles. The second kappa shape index (κ2) is 5.99. The average molecular weight is 315 g/mol. The first-order valence-electron chi connectivity index (χ1n) is 7.72. The van der Waals surface area contributed by atoms with Crippen LogP contribution in [0.5, 0.6) is 0 Å². The number of benzene rings is 1. The lowest BCUT2D eigenvalue weighted by Crippen LogP contribution is -2.17. The van der Waals surface area contributed by atoms with Gasteiger partial charge in [-0.15, -0.1) is 0 Å². The molecular weight excluding hydrogens is 297 g/mol. The van der Waals surface area contributed by atoms with E-state index in [2.05, 4.69) is 0 Å². The van der Waals surface area contributed by atoms with E-state index in [4.69, 9.17) is 0 Å². The Morgan fingerprint density at radius 2 is 1.91 bits per heavy atom. The van der Waals surface area contributed by atoms with Crippen LogP contribution in [-0.2, 0) is 11.3 Å². The van der Waals surface area contributed by atoms with Gasteiger partial charge in [-0.1, -0.05) is 6.42 Å². The van der Waals surface area contributed by atoms with Crippen LogP contribution in [0.4, 0.5) is 4.39 Å². The lowest BCUT2D eigenvalue weighted by atomic mass is 9.99. The number of carboxylic acids is 1. The Hall–Kier alpha value is -2.43. The second-order valence-corrected chi connectivity index (χ2v) is 5.98. The Morgan fingerprint density at radius 3 is 2.57 bits per heavy atom. The van der Waals surface area contributed by atoms with Crippen LogP contribution >= 0.6 is 0 Å². The minimum absolute atomic E-state index is 0.195. The van der Waals surface area contributed by atoms with Crippen LogP contribution in [0.1, 0.15) is 52.5 Å². The van der Waals surface area contributed by atoms with Gasteiger partial charge in [-0.3, -0.25) is 9.59 Å². The van der Waals surface area contributed by atoms with E-state index in [0.29, 0.717) is 29.9 Å². The fourth-order valence-electron chi connectivity index (χ4n) is 3.30. The van der Waals surface area contributed by atoms with Gasteiger partial charge in [0.1, 0.15) is 5.82 Å². The number of carbonyl (C=O) groups excluding carboxylic acids is 1. The molecule has 1 aliphatic rings. The Morgan fingerprint density at radius 1 is 1.22 bits per heavy atom. The maximum Gasteiger partial charge on any atom is 0.312 e. The summed E-state index contributed by atoms with van der Waals surface area (Å²) in [6.45, 7) is 2.45. The van der Waals surface area contributed by atoms with Gasteiger partial charge in [0.15, 0.2) is 0 Å². The van der Waals surface area contributed by atoms with Crippen LogP contribution in [0.3, 0.4) is 0 Å². The quantitative estimate of drug-likeness (QED) is 0.882. The SMILES string of the molecule is Cc1cc2n(c1C(=O)c1ccc(F)cc1)CCCCC2C(=O)O. The van der Waals surface area contributed by atoms with Crippen LogP contribution in [0.15, 0.2) is 30.3 Å². The van der Waals surface area contributed by atoms with Crippen molar-refractivity contribution < 1.29 is 19.1 Å². The van der Waals surface area contributed by atoms with E-state index < -0.39 is 17.7 Å². The molecule has 0 radical (unpaired) electrons. The highest BCUT2D eigenvalue weighted by molar-refractivity contribution is 6.09. The molecule has 0 aliphatic carbocycles. The van der Waals surface area contributed by atoms with E-state index in [9.17, 15) is 19.1 Å². The summed E-state index contributed by atoms with van der Waals surface area (Å²) >= 11 is 0. The van der Waals surface area contributed by atoms with Gasteiger partial charge in [0.2, 0.25) is 5.78 Å². The average Bonchev–Trinajstić information content (AvgIpc) is 2.69. The number of fused-ring (bicyclic) bond motifs is 1. The first-order valence-corrected chi connectivity index (χ1v) is 7.72. The molecule has 2 heterocycles. The van der Waals surface area contributed by atoms with Crippen molar-refractivity contribution in [2.75, 3.05) is 0 Å². The molecule has 120 valence electrons. The number of hydrogen-bond acceptors (Lipinski definition) is 2. The Labute approximate surface area is 133 Å². The Bertz CT molecular complexity index is 761. The van der Waals surface area contributed by atoms with Crippen molar-refractivity contribution >= 4 is 11.8 Å². The van der Waals surface area contributed by atoms with Crippen molar-refractivity contribution in [1.82, 2.24) is 4.57 Å². The molecule has 1 aromatic heterocycles. The molecule has 23 heavy (non-hydrogen) atoms. The number of hydrogen-bond donors (Lipinski definition) is 1. The zero-order valence-electron chi connectivity index (χ0n) is 12.9. The molecule has 0 saturated heterocycles. The summed E-state index contributed by atoms with van der Waals surface area (Å²) in [6.07, 6.45) is 2.25. The molecule has 1 aromatic carbocycles. The summed E-state index contributed by atoms with van der Waals surface area (Å²) < 4.78 is 14.9. The van der Waals surface area contributed by atoms with Gasteiger partial charge in [-0.25, -0.2) is 4.39 Å². The van der Waals surface area contributed by atoms with Gasteiger partial charge < -0.3 is 9.67 Å². The lowest BCUT2D eigenvalue weighted by Gasteiger charge is -2.13. The van der Waals surface area contributed by atoms with Gasteiger partial charge in [0, 0.05) is 17.8 Å². The predicted molar refractivity (Wildman–Crippen MR) is 83.2 cm³/mol. The van der Waals surface area contributed by atoms with Crippen molar-refractivity contribution in [3.05, 3.63) is 58.7 Å². The number of rotatable bonds is 3. The third-order valence-electron chi connectivity index (χ3n) is 4.42. The molecule has 1 aliphatic heterocycles. The summed E-state index contributed by atoms with van der Waals surface area (Å²) in [7, 11) is 0. The molecule has 2 aromatic rings. The van der Waals surface area contributed by atoms with Crippen LogP contribution in [-0.4, -0.2) is 21.4 Å². The summed E-state index contributed by atoms with van der Waals surface area (Å²) in [5.74, 6) is -2.02. The van der Waals surface area contributed by atoms with E-state index in [1.165, 1.54) is 24.3 Å². The molecule has 1 unspecified atom stereocenters. The normalized spacial score (nSPS) is 17.4. The van der Waals surface area contributed by atoms with E-state index in [1.807, 2.05) is 11.5 Å². The van der Waals surface area contributed by atoms with E-state index >= 15 is 0 Å². The molecule has 3 rings (SSSR count). The minimum Gasteiger partial charge on any atom is -0.481 e. The molecule has 0 fully saturated rings. The van der Waals surface area contributed by atoms with Gasteiger partial charge in [0.05, 0.1) is 11.6 Å². The number of aliphatic carboxylic acids is 1. The fraction of sp³-hybridized carbons (Fsp3) is 0.333. The molecule has 4 nitrogen and oxygen atoms in total. The first kappa shape index (κ1) is 15.5. The zero-order valence-corrected chi connectivity index (χ0v) is 12.9. The highest BCUT2D eigenvalue weighted by Gasteiger charge is 2.29. The summed E-state index contributed by atoms with van der Waals surface area (Å²) in [5.41, 5.74) is 2.38. The van der Waals surface area contributed by atoms with Crippen molar-refractivity contribution in [2.24, 2.45) is 0 Å². The Balaban J connectivity index is 2.08. The van der Waals surface area contributed by atoms with Crippen molar-refractivity contribution in [2.45, 2.75) is 38.6 Å². The standard InChI is InChI=1S/C18H18FNO3/c1-11-10-15-14(18(22)23)4-2-3-9-20(15)16(11)17(21)12-5-7-13(19)8-6-12/h5-8,10,14H,2-4,9H2,1H3,(H,22,23). The molecule has 5 heteroatoms. The molecular formula is C18H18FNO3. The minimum atomic E-state index is -0.855. The van der Waals surface area contributed by atoms with Gasteiger partial charge in [-0.05, 0) is 55.7 Å². The first-order chi connectivity index (χ1) is 11.0. The Kier molecular flexibility index (Phi) is 4.03. The fourth-order valence-corrected chi connectivity index (χ4v) is 3.30. The lowest BCUT2D eigenvalue weighted by molar-refractivity contribution is -0.139. The maximum absolute atomic E-state index is 13.1. The van der Waals surface area contributed by atoms with Gasteiger partial charge in [-0.2, -0.15) is 0 Å². The molecule has 1 N–H and O–H groups in total. The summed E-state index contributed by atoms with van der Waals surface area (Å²) in [6, 6.07) is 7.25. The van der Waals surface area contributed by atoms with E-state index in [-0.39, 0.29) is 5.78 Å². The predicted octanol–water partition coefficient (Wildman–Crippen LogP) is 3.52. The van der Waals surface area contributed by atoms with Gasteiger partial charge in [0.25, 0.3) is 0 Å². The van der Waals surface area contributed by atoms with Crippen molar-refractivity contribution in [1.29, 1.82) is 0 Å². The molecule has 0 bridgehead atoms. The van der Waals surface area contributed by atoms with Crippen LogP contribution in [0.25, 0.3) is 0 Å². The highest BCUT2D eigenvalue weighted by atomic mass is 19.1. The van der Waals surface area contributed by atoms with Crippen molar-refractivity contribution in [3.63, 3.8) is 0 Å². The van der Waals surface area contributed by atoms with Crippen LogP contribution < -0.4 is 0 Å². The van der Waals surface area contributed by atoms with Crippen molar-refractivity contribution in [3.8, 4) is 0 Å². The number of aryl methyl sites for hydroxylation is 1. The monoisotopic (exact) mass is 315 g/mol. The number of halogens is 1. The van der Waals surface area contributed by atoms with E-state index in [1.54, 1.807) is 6.07 Å². The van der Waals surface area contributed by atoms with Gasteiger partial charge >= 0.3 is 5.97 Å². The third kappa shape index (κ3) is 2.79. The third-order valence-corrected chi connectivity index (χ3v) is 4.42. The summed E-state index contributed by atoms with van der Waals surface area (Å²) in [4.78, 5) is 24.3. The zero-order chi connectivity index (χ0) is 16.6. The van der Waals surface area contributed by atoms with Crippen LogP contribution in [0.2, 0.25) is 0 Å². The second-order valence-electron chi connectivity index (χ2n) is 5.98. The molecule has 0 amide bonds. The smallest absolute Gasteiger partial charge is 0.312 e. The molecule has 1 atom stereocenters. The maximum atomic E-state index is 13.1. The topological polar surface area (TPSA) is 59.3 Å².